The number of nitrogens with one attached hydrogen (secondary N) is 2. The van der Waals surface area contributed by atoms with Gasteiger partial charge < -0.3 is 19.9 Å². The Bertz CT molecular complexity index is 824. The van der Waals surface area contributed by atoms with Crippen LogP contribution in [0.5, 0.6) is 5.75 Å². The third-order valence-corrected chi connectivity index (χ3v) is 5.69. The van der Waals surface area contributed by atoms with Gasteiger partial charge in [-0.05, 0) is 24.1 Å². The number of piperidine rings is 1. The molecular weight excluding hydrogens is 336 g/mol. The third-order valence-electron chi connectivity index (χ3n) is 5.69. The van der Waals surface area contributed by atoms with E-state index in [0.717, 1.165) is 36.6 Å². The Morgan fingerprint density at radius 1 is 1.15 bits per heavy atom. The molecule has 26 heavy (non-hydrogen) atoms. The summed E-state index contributed by atoms with van der Waals surface area (Å²) in [6.45, 7) is 3.71. The van der Waals surface area contributed by atoms with Crippen LogP contribution in [0.4, 0.5) is 5.69 Å². The van der Waals surface area contributed by atoms with Gasteiger partial charge in [0.15, 0.2) is 0 Å². The number of hydrogen-bond donors (Lipinski definition) is 2. The van der Waals surface area contributed by atoms with Crippen LogP contribution < -0.4 is 20.3 Å². The minimum absolute atomic E-state index is 0.164. The molecular formula is C18H20N4O4. The Morgan fingerprint density at radius 3 is 2.88 bits per heavy atom. The molecule has 0 aliphatic carbocycles. The predicted octanol–water partition coefficient (Wildman–Crippen LogP) is -0.382. The molecule has 4 heterocycles. The summed E-state index contributed by atoms with van der Waals surface area (Å²) >= 11 is 0. The zero-order valence-electron chi connectivity index (χ0n) is 14.3. The van der Waals surface area contributed by atoms with Crippen LogP contribution in [-0.4, -0.2) is 60.9 Å². The van der Waals surface area contributed by atoms with Crippen LogP contribution in [0.25, 0.3) is 0 Å². The Labute approximate surface area is 150 Å². The predicted molar refractivity (Wildman–Crippen MR) is 92.0 cm³/mol. The first-order chi connectivity index (χ1) is 12.6. The monoisotopic (exact) mass is 356 g/mol. The van der Waals surface area contributed by atoms with E-state index in [1.54, 1.807) is 4.90 Å². The number of carbonyl (C=O) groups excluding carboxylic acids is 3. The number of carbonyl (C=O) groups is 3. The summed E-state index contributed by atoms with van der Waals surface area (Å²) in [6.07, 6.45) is 0.638. The molecule has 2 saturated heterocycles. The van der Waals surface area contributed by atoms with Crippen LogP contribution in [0.2, 0.25) is 0 Å². The molecule has 1 aromatic carbocycles. The Kier molecular flexibility index (Phi) is 3.43. The first-order valence-electron chi connectivity index (χ1n) is 9.03. The fourth-order valence-electron chi connectivity index (χ4n) is 4.34. The van der Waals surface area contributed by atoms with E-state index < -0.39 is 6.04 Å². The van der Waals surface area contributed by atoms with Crippen LogP contribution in [-0.2, 0) is 16.1 Å². The van der Waals surface area contributed by atoms with Crippen molar-refractivity contribution in [3.8, 4) is 5.75 Å². The van der Waals surface area contributed by atoms with E-state index in [1.165, 1.54) is 0 Å². The number of anilines is 1. The lowest BCUT2D eigenvalue weighted by atomic mass is 10.0. The van der Waals surface area contributed by atoms with Crippen molar-refractivity contribution >= 4 is 23.4 Å². The van der Waals surface area contributed by atoms with Crippen LogP contribution in [0.3, 0.4) is 0 Å². The molecule has 8 heteroatoms. The van der Waals surface area contributed by atoms with E-state index in [0.29, 0.717) is 31.2 Å². The van der Waals surface area contributed by atoms with Gasteiger partial charge >= 0.3 is 0 Å². The van der Waals surface area contributed by atoms with Gasteiger partial charge in [0.25, 0.3) is 5.91 Å². The Hall–Kier alpha value is -2.61. The topological polar surface area (TPSA) is 91.0 Å². The number of amides is 3. The molecule has 4 aliphatic rings. The minimum atomic E-state index is -0.586. The maximum atomic E-state index is 12.9. The maximum Gasteiger partial charge on any atom is 0.255 e. The van der Waals surface area contributed by atoms with Gasteiger partial charge in [-0.2, -0.15) is 0 Å². The SMILES string of the molecule is O=C1CCC(N2Cc3cc4c(cc3C2=O)OC[C@@H]2CNCCN42)C(=O)N1. The molecule has 0 radical (unpaired) electrons. The van der Waals surface area contributed by atoms with Crippen molar-refractivity contribution in [1.29, 1.82) is 0 Å². The number of rotatable bonds is 1. The summed E-state index contributed by atoms with van der Waals surface area (Å²) in [5.74, 6) is -0.0849. The second-order valence-corrected chi connectivity index (χ2v) is 7.24. The number of nitrogens with zero attached hydrogens (tertiary/aromatic N) is 2. The second kappa shape index (κ2) is 5.70. The molecule has 5 rings (SSSR count). The molecule has 1 unspecified atom stereocenters. The van der Waals surface area contributed by atoms with E-state index in [2.05, 4.69) is 15.5 Å². The molecule has 8 nitrogen and oxygen atoms in total. The van der Waals surface area contributed by atoms with Crippen molar-refractivity contribution in [3.63, 3.8) is 0 Å². The average molecular weight is 356 g/mol. The van der Waals surface area contributed by atoms with Gasteiger partial charge in [0, 0.05) is 38.2 Å². The van der Waals surface area contributed by atoms with Gasteiger partial charge in [0.2, 0.25) is 11.8 Å². The van der Waals surface area contributed by atoms with Crippen LogP contribution in [0, 0.1) is 0 Å². The van der Waals surface area contributed by atoms with Crippen LogP contribution in [0.1, 0.15) is 28.8 Å². The first kappa shape index (κ1) is 15.6. The molecule has 2 fully saturated rings. The summed E-state index contributed by atoms with van der Waals surface area (Å²) in [6, 6.07) is 3.57. The first-order valence-corrected chi connectivity index (χ1v) is 9.03. The molecule has 4 aliphatic heterocycles. The molecule has 3 amide bonds. The summed E-state index contributed by atoms with van der Waals surface area (Å²) in [5.41, 5.74) is 2.54. The maximum absolute atomic E-state index is 12.9. The lowest BCUT2D eigenvalue weighted by Crippen LogP contribution is -2.55. The largest absolute Gasteiger partial charge is 0.489 e. The highest BCUT2D eigenvalue weighted by Gasteiger charge is 2.40. The zero-order valence-corrected chi connectivity index (χ0v) is 14.3. The molecule has 0 spiro atoms. The number of piperazine rings is 1. The number of benzene rings is 1. The fraction of sp³-hybridized carbons (Fsp3) is 0.500. The van der Waals surface area contributed by atoms with Crippen molar-refractivity contribution in [2.24, 2.45) is 0 Å². The molecule has 0 saturated carbocycles. The highest BCUT2D eigenvalue weighted by Crippen LogP contribution is 2.40. The summed E-state index contributed by atoms with van der Waals surface area (Å²) in [7, 11) is 0. The summed E-state index contributed by atoms with van der Waals surface area (Å²) in [4.78, 5) is 40.3. The number of hydrogen-bond acceptors (Lipinski definition) is 6. The minimum Gasteiger partial charge on any atom is -0.489 e. The summed E-state index contributed by atoms with van der Waals surface area (Å²) < 4.78 is 5.91. The standard InChI is InChI=1S/C18H20N4O4/c23-16-2-1-13(17(24)20-16)22-8-10-5-14-15(6-12(10)18(22)25)26-9-11-7-19-3-4-21(11)14/h5-6,11,13,19H,1-4,7-9H2,(H,20,23,24)/t11-,13?/m0/s1. The second-order valence-electron chi connectivity index (χ2n) is 7.24. The lowest BCUT2D eigenvalue weighted by Gasteiger charge is -2.42. The van der Waals surface area contributed by atoms with Gasteiger partial charge in [-0.1, -0.05) is 0 Å². The number of fused-ring (bicyclic) bond motifs is 4. The van der Waals surface area contributed by atoms with Crippen LogP contribution >= 0.6 is 0 Å². The lowest BCUT2D eigenvalue weighted by molar-refractivity contribution is -0.136. The molecule has 136 valence electrons. The Balaban J connectivity index is 1.46. The molecule has 0 bridgehead atoms. The van der Waals surface area contributed by atoms with E-state index in [9.17, 15) is 14.4 Å². The van der Waals surface area contributed by atoms with Crippen molar-refractivity contribution in [3.05, 3.63) is 23.3 Å². The van der Waals surface area contributed by atoms with Crippen molar-refractivity contribution < 1.29 is 19.1 Å². The molecule has 2 atom stereocenters. The number of ether oxygens (including phenoxy) is 1. The molecule has 2 N–H and O–H groups in total. The van der Waals surface area contributed by atoms with Gasteiger partial charge in [-0.3, -0.25) is 19.7 Å². The fourth-order valence-corrected chi connectivity index (χ4v) is 4.34. The van der Waals surface area contributed by atoms with Gasteiger partial charge in [0.1, 0.15) is 18.4 Å². The zero-order chi connectivity index (χ0) is 17.8. The van der Waals surface area contributed by atoms with Crippen molar-refractivity contribution in [2.75, 3.05) is 31.1 Å². The molecule has 1 aromatic rings. The van der Waals surface area contributed by atoms with Gasteiger partial charge in [-0.25, -0.2) is 0 Å². The summed E-state index contributed by atoms with van der Waals surface area (Å²) in [5, 5.41) is 5.71. The normalized spacial score (nSPS) is 27.5. The Morgan fingerprint density at radius 2 is 2.04 bits per heavy atom. The highest BCUT2D eigenvalue weighted by molar-refractivity contribution is 6.05. The van der Waals surface area contributed by atoms with Crippen LogP contribution in [0.15, 0.2) is 12.1 Å². The van der Waals surface area contributed by atoms with Gasteiger partial charge in [-0.15, -0.1) is 0 Å². The average Bonchev–Trinajstić information content (AvgIpc) is 2.96. The third kappa shape index (κ3) is 2.28. The van der Waals surface area contributed by atoms with E-state index in [1.807, 2.05) is 12.1 Å². The van der Waals surface area contributed by atoms with E-state index in [-0.39, 0.29) is 24.1 Å². The molecule has 0 aromatic heterocycles. The number of imide groups is 1. The van der Waals surface area contributed by atoms with E-state index >= 15 is 0 Å². The van der Waals surface area contributed by atoms with Crippen molar-refractivity contribution in [1.82, 2.24) is 15.5 Å². The van der Waals surface area contributed by atoms with E-state index in [4.69, 9.17) is 4.74 Å². The highest BCUT2D eigenvalue weighted by atomic mass is 16.5. The van der Waals surface area contributed by atoms with Gasteiger partial charge in [0.05, 0.1) is 11.7 Å². The van der Waals surface area contributed by atoms with Crippen molar-refractivity contribution in [2.45, 2.75) is 31.5 Å². The smallest absolute Gasteiger partial charge is 0.255 e. The quantitative estimate of drug-likeness (QED) is 0.667.